The van der Waals surface area contributed by atoms with Crippen molar-refractivity contribution in [3.63, 3.8) is 0 Å². The maximum atomic E-state index is 11.8. The van der Waals surface area contributed by atoms with Crippen LogP contribution in [0.3, 0.4) is 0 Å². The van der Waals surface area contributed by atoms with Crippen molar-refractivity contribution < 1.29 is 4.79 Å². The average Bonchev–Trinajstić information content (AvgIpc) is 2.78. The zero-order valence-electron chi connectivity index (χ0n) is 10.0. The number of piperidine rings is 1. The summed E-state index contributed by atoms with van der Waals surface area (Å²) in [6.07, 6.45) is 3.64. The van der Waals surface area contributed by atoms with Crippen molar-refractivity contribution in [2.75, 3.05) is 18.4 Å². The molecule has 0 bridgehead atoms. The topological polar surface area (TPSA) is 66.9 Å². The van der Waals surface area contributed by atoms with Crippen LogP contribution in [0.5, 0.6) is 0 Å². The number of aryl methyl sites for hydroxylation is 1. The van der Waals surface area contributed by atoms with E-state index in [2.05, 4.69) is 20.8 Å². The minimum Gasteiger partial charge on any atom is -0.317 e. The van der Waals surface area contributed by atoms with E-state index in [1.807, 2.05) is 6.92 Å². The second-order valence-electron chi connectivity index (χ2n) is 4.30. The summed E-state index contributed by atoms with van der Waals surface area (Å²) in [5.74, 6) is 0.575. The number of anilines is 1. The van der Waals surface area contributed by atoms with Crippen molar-refractivity contribution in [1.82, 2.24) is 15.5 Å². The van der Waals surface area contributed by atoms with E-state index in [9.17, 15) is 4.79 Å². The summed E-state index contributed by atoms with van der Waals surface area (Å²) in [5, 5.41) is 15.6. The highest BCUT2D eigenvalue weighted by molar-refractivity contribution is 7.15. The Labute approximate surface area is 105 Å². The summed E-state index contributed by atoms with van der Waals surface area (Å²) >= 11 is 1.46. The monoisotopic (exact) mass is 254 g/mol. The molecule has 1 aliphatic heterocycles. The molecular formula is C11H18N4OS. The van der Waals surface area contributed by atoms with Gasteiger partial charge in [-0.25, -0.2) is 0 Å². The normalized spacial score (nSPS) is 17.0. The Bertz CT molecular complexity index is 373. The molecule has 2 rings (SSSR count). The molecule has 1 amide bonds. The molecule has 17 heavy (non-hydrogen) atoms. The smallest absolute Gasteiger partial charge is 0.226 e. The molecule has 5 nitrogen and oxygen atoms in total. The number of hydrogen-bond acceptors (Lipinski definition) is 5. The molecule has 0 spiro atoms. The molecule has 1 fully saturated rings. The number of rotatable bonds is 4. The number of hydrogen-bond donors (Lipinski definition) is 2. The fourth-order valence-corrected chi connectivity index (χ4v) is 2.66. The third kappa shape index (κ3) is 3.74. The highest BCUT2D eigenvalue weighted by atomic mass is 32.1. The van der Waals surface area contributed by atoms with Crippen LogP contribution in [0, 0.1) is 5.92 Å². The lowest BCUT2D eigenvalue weighted by Gasteiger charge is -2.21. The van der Waals surface area contributed by atoms with E-state index in [4.69, 9.17) is 0 Å². The lowest BCUT2D eigenvalue weighted by atomic mass is 9.94. The van der Waals surface area contributed by atoms with Crippen LogP contribution < -0.4 is 10.6 Å². The summed E-state index contributed by atoms with van der Waals surface area (Å²) < 4.78 is 0. The Balaban J connectivity index is 1.79. The molecule has 2 heterocycles. The summed E-state index contributed by atoms with van der Waals surface area (Å²) in [7, 11) is 0. The van der Waals surface area contributed by atoms with E-state index in [1.165, 1.54) is 11.3 Å². The SMILES string of the molecule is CCc1nnc(NC(=O)CC2CCNCC2)s1. The Morgan fingerprint density at radius 2 is 2.24 bits per heavy atom. The molecule has 94 valence electrons. The third-order valence-electron chi connectivity index (χ3n) is 2.95. The molecule has 1 aromatic rings. The molecule has 0 atom stereocenters. The van der Waals surface area contributed by atoms with Gasteiger partial charge in [0.1, 0.15) is 5.01 Å². The first-order chi connectivity index (χ1) is 8.28. The molecule has 2 N–H and O–H groups in total. The predicted octanol–water partition coefficient (Wildman–Crippen LogP) is 1.43. The van der Waals surface area contributed by atoms with E-state index in [1.54, 1.807) is 0 Å². The van der Waals surface area contributed by atoms with Gasteiger partial charge in [0.05, 0.1) is 0 Å². The van der Waals surface area contributed by atoms with Crippen LogP contribution in [0.1, 0.15) is 31.2 Å². The van der Waals surface area contributed by atoms with Crippen LogP contribution in [-0.4, -0.2) is 29.2 Å². The standard InChI is InChI=1S/C11H18N4OS/c1-2-10-14-15-11(17-10)13-9(16)7-8-3-5-12-6-4-8/h8,12H,2-7H2,1H3,(H,13,15,16). The Morgan fingerprint density at radius 3 is 2.88 bits per heavy atom. The summed E-state index contributed by atoms with van der Waals surface area (Å²) in [4.78, 5) is 11.8. The van der Waals surface area contributed by atoms with E-state index in [-0.39, 0.29) is 5.91 Å². The van der Waals surface area contributed by atoms with Gasteiger partial charge in [0.15, 0.2) is 0 Å². The van der Waals surface area contributed by atoms with Gasteiger partial charge >= 0.3 is 0 Å². The van der Waals surface area contributed by atoms with Crippen LogP contribution in [0.4, 0.5) is 5.13 Å². The zero-order chi connectivity index (χ0) is 12.1. The van der Waals surface area contributed by atoms with Crippen molar-refractivity contribution in [3.05, 3.63) is 5.01 Å². The van der Waals surface area contributed by atoms with Gasteiger partial charge in [0, 0.05) is 6.42 Å². The van der Waals surface area contributed by atoms with Crippen molar-refractivity contribution in [1.29, 1.82) is 0 Å². The van der Waals surface area contributed by atoms with Gasteiger partial charge < -0.3 is 10.6 Å². The van der Waals surface area contributed by atoms with Crippen molar-refractivity contribution in [2.24, 2.45) is 5.92 Å². The predicted molar refractivity (Wildman–Crippen MR) is 68.1 cm³/mol. The van der Waals surface area contributed by atoms with E-state index >= 15 is 0 Å². The zero-order valence-corrected chi connectivity index (χ0v) is 10.8. The maximum Gasteiger partial charge on any atom is 0.226 e. The van der Waals surface area contributed by atoms with Crippen LogP contribution in [0.15, 0.2) is 0 Å². The summed E-state index contributed by atoms with van der Waals surface area (Å²) in [6, 6.07) is 0. The van der Waals surface area contributed by atoms with Gasteiger partial charge in [-0.15, -0.1) is 10.2 Å². The van der Waals surface area contributed by atoms with Crippen LogP contribution in [0.25, 0.3) is 0 Å². The molecule has 0 saturated carbocycles. The minimum atomic E-state index is 0.0655. The first kappa shape index (κ1) is 12.4. The minimum absolute atomic E-state index is 0.0655. The van der Waals surface area contributed by atoms with E-state index in [0.717, 1.165) is 37.4 Å². The van der Waals surface area contributed by atoms with Crippen LogP contribution in [-0.2, 0) is 11.2 Å². The number of aromatic nitrogens is 2. The first-order valence-corrected chi connectivity index (χ1v) is 6.92. The average molecular weight is 254 g/mol. The second kappa shape index (κ2) is 6.07. The fraction of sp³-hybridized carbons (Fsp3) is 0.727. The first-order valence-electron chi connectivity index (χ1n) is 6.11. The molecule has 0 aromatic carbocycles. The number of carbonyl (C=O) groups excluding carboxylic acids is 1. The van der Waals surface area contributed by atoms with E-state index in [0.29, 0.717) is 17.5 Å². The fourth-order valence-electron chi connectivity index (χ4n) is 1.97. The number of nitrogens with one attached hydrogen (secondary N) is 2. The number of carbonyl (C=O) groups is 1. The third-order valence-corrected chi connectivity index (χ3v) is 3.93. The molecule has 0 unspecified atom stereocenters. The van der Waals surface area contributed by atoms with Crippen molar-refractivity contribution in [3.8, 4) is 0 Å². The lowest BCUT2D eigenvalue weighted by molar-refractivity contribution is -0.117. The molecule has 1 aliphatic rings. The Kier molecular flexibility index (Phi) is 4.44. The lowest BCUT2D eigenvalue weighted by Crippen LogP contribution is -2.30. The van der Waals surface area contributed by atoms with Gasteiger partial charge in [0.2, 0.25) is 11.0 Å². The Hall–Kier alpha value is -1.01. The quantitative estimate of drug-likeness (QED) is 0.853. The van der Waals surface area contributed by atoms with Gasteiger partial charge in [-0.1, -0.05) is 18.3 Å². The van der Waals surface area contributed by atoms with Gasteiger partial charge in [-0.3, -0.25) is 4.79 Å². The van der Waals surface area contributed by atoms with Gasteiger partial charge in [-0.2, -0.15) is 0 Å². The van der Waals surface area contributed by atoms with Crippen LogP contribution >= 0.6 is 11.3 Å². The highest BCUT2D eigenvalue weighted by Gasteiger charge is 2.17. The maximum absolute atomic E-state index is 11.8. The van der Waals surface area contributed by atoms with E-state index < -0.39 is 0 Å². The summed E-state index contributed by atoms with van der Waals surface area (Å²) in [5.41, 5.74) is 0. The van der Waals surface area contributed by atoms with Crippen molar-refractivity contribution in [2.45, 2.75) is 32.6 Å². The molecule has 0 aliphatic carbocycles. The highest BCUT2D eigenvalue weighted by Crippen LogP contribution is 2.19. The number of amides is 1. The summed E-state index contributed by atoms with van der Waals surface area (Å²) in [6.45, 7) is 4.08. The van der Waals surface area contributed by atoms with Gasteiger partial charge in [-0.05, 0) is 38.3 Å². The molecule has 1 aromatic heterocycles. The molecule has 6 heteroatoms. The van der Waals surface area contributed by atoms with Crippen LogP contribution in [0.2, 0.25) is 0 Å². The molecule has 1 saturated heterocycles. The van der Waals surface area contributed by atoms with Crippen molar-refractivity contribution >= 4 is 22.4 Å². The molecule has 0 radical (unpaired) electrons. The number of nitrogens with zero attached hydrogens (tertiary/aromatic N) is 2. The largest absolute Gasteiger partial charge is 0.317 e. The van der Waals surface area contributed by atoms with Gasteiger partial charge in [0.25, 0.3) is 0 Å². The molecular weight excluding hydrogens is 236 g/mol. The Morgan fingerprint density at radius 1 is 1.47 bits per heavy atom. The second-order valence-corrected chi connectivity index (χ2v) is 5.36.